The summed E-state index contributed by atoms with van der Waals surface area (Å²) in [5.41, 5.74) is 0.741. The van der Waals surface area contributed by atoms with Crippen LogP contribution in [0.5, 0.6) is 0 Å². The molecule has 3 saturated carbocycles. The number of carbonyl (C=O) groups excluding carboxylic acids is 1. The predicted molar refractivity (Wildman–Crippen MR) is 147 cm³/mol. The molecule has 0 amide bonds. The van der Waals surface area contributed by atoms with Crippen LogP contribution in [-0.4, -0.2) is 56.9 Å². The molecule has 7 heteroatoms. The minimum absolute atomic E-state index is 0.122. The minimum atomic E-state index is -1.84. The fraction of sp³-hybridized carbons (Fsp3) is 0.625. The molecule has 4 aliphatic carbocycles. The fourth-order valence-corrected chi connectivity index (χ4v) is 9.80. The summed E-state index contributed by atoms with van der Waals surface area (Å²) in [4.78, 5) is 13.2. The fourth-order valence-electron chi connectivity index (χ4n) is 9.80. The number of allylic oxidation sites excluding steroid dienone is 1. The van der Waals surface area contributed by atoms with Crippen molar-refractivity contribution in [2.24, 2.45) is 28.6 Å². The van der Waals surface area contributed by atoms with Crippen LogP contribution < -0.4 is 0 Å². The van der Waals surface area contributed by atoms with E-state index in [1.165, 1.54) is 18.2 Å². The van der Waals surface area contributed by atoms with Crippen molar-refractivity contribution in [3.05, 3.63) is 58.4 Å². The van der Waals surface area contributed by atoms with Crippen molar-refractivity contribution >= 4 is 11.9 Å². The molecule has 2 aromatic rings. The van der Waals surface area contributed by atoms with Gasteiger partial charge in [0.2, 0.25) is 0 Å². The molecule has 210 valence electrons. The van der Waals surface area contributed by atoms with Crippen molar-refractivity contribution in [2.45, 2.75) is 83.7 Å². The Bertz CT molecular complexity index is 1350. The molecule has 0 aliphatic heterocycles. The molecule has 6 nitrogen and oxygen atoms in total. The number of fused-ring (bicyclic) bond motifs is 6. The molecule has 1 aromatic heterocycles. The number of aliphatic hydroxyl groups is 2. The van der Waals surface area contributed by atoms with E-state index < -0.39 is 40.7 Å². The molecule has 0 spiro atoms. The number of hydrogen-bond donors (Lipinski definition) is 2. The zero-order chi connectivity index (χ0) is 28.0. The lowest BCUT2D eigenvalue weighted by molar-refractivity contribution is -0.230. The number of hydrogen-bond acceptors (Lipinski definition) is 5. The van der Waals surface area contributed by atoms with E-state index in [4.69, 9.17) is 9.84 Å². The van der Waals surface area contributed by atoms with Crippen molar-refractivity contribution in [1.29, 1.82) is 0 Å². The number of ketones is 1. The average Bonchev–Trinajstić information content (AvgIpc) is 3.37. The molecule has 8 atom stereocenters. The Morgan fingerprint density at radius 2 is 2.05 bits per heavy atom. The highest BCUT2D eigenvalue weighted by Gasteiger charge is 2.76. The number of aliphatic hydroxyl groups excluding tert-OH is 2. The summed E-state index contributed by atoms with van der Waals surface area (Å²) >= 11 is 0. The van der Waals surface area contributed by atoms with Gasteiger partial charge in [0.1, 0.15) is 17.9 Å². The van der Waals surface area contributed by atoms with E-state index in [-0.39, 0.29) is 24.0 Å². The van der Waals surface area contributed by atoms with E-state index in [2.05, 4.69) is 37.3 Å². The van der Waals surface area contributed by atoms with Crippen LogP contribution in [0.15, 0.2) is 36.0 Å². The number of aromatic nitrogens is 2. The van der Waals surface area contributed by atoms with Gasteiger partial charge in [0.15, 0.2) is 5.78 Å². The summed E-state index contributed by atoms with van der Waals surface area (Å²) < 4.78 is 25.9. The first-order valence-corrected chi connectivity index (χ1v) is 14.3. The topological polar surface area (TPSA) is 84.6 Å². The first-order chi connectivity index (χ1) is 18.5. The third-order valence-electron chi connectivity index (χ3n) is 11.5. The molecule has 1 aromatic carbocycles. The van der Waals surface area contributed by atoms with Crippen LogP contribution in [-0.2, 0) is 22.5 Å². The second-order valence-corrected chi connectivity index (χ2v) is 13.2. The predicted octanol–water partition coefficient (Wildman–Crippen LogP) is 4.68. The molecule has 0 unspecified atom stereocenters. The normalized spacial score (nSPS) is 40.8. The molecule has 2 N–H and O–H groups in total. The maximum atomic E-state index is 17.9. The van der Waals surface area contributed by atoms with E-state index in [9.17, 15) is 15.0 Å². The lowest BCUT2D eigenvalue weighted by atomic mass is 9.43. The molecule has 4 aliphatic rings. The quantitative estimate of drug-likeness (QED) is 0.580. The summed E-state index contributed by atoms with van der Waals surface area (Å²) in [6.07, 6.45) is 5.32. The molecule has 39 heavy (non-hydrogen) atoms. The van der Waals surface area contributed by atoms with Gasteiger partial charge >= 0.3 is 0 Å². The van der Waals surface area contributed by atoms with Gasteiger partial charge in [0.05, 0.1) is 24.5 Å². The summed E-state index contributed by atoms with van der Waals surface area (Å²) in [6, 6.07) is 8.40. The maximum Gasteiger partial charge on any atom is 0.190 e. The first kappa shape index (κ1) is 26.9. The number of benzene rings is 1. The van der Waals surface area contributed by atoms with Crippen molar-refractivity contribution in [2.75, 3.05) is 13.7 Å². The monoisotopic (exact) mass is 536 g/mol. The first-order valence-electron chi connectivity index (χ1n) is 14.3. The van der Waals surface area contributed by atoms with Gasteiger partial charge in [-0.15, -0.1) is 0 Å². The molecule has 1 heterocycles. The summed E-state index contributed by atoms with van der Waals surface area (Å²) in [5.74, 6) is -1.11. The Hall–Kier alpha value is -2.35. The SMILES string of the molecule is CO[C@]1(C(=O)CO)[C@H](C)C[C@H]2[C@@H]3CCC4=Cc5c(cnn5Cc5cccc(C)c5)C[C@]4(C)[C@@]3(F)[C@@H](O)C[C@@]21C. The molecular weight excluding hydrogens is 495 g/mol. The molecule has 3 fully saturated rings. The highest BCUT2D eigenvalue weighted by molar-refractivity contribution is 5.90. The average molecular weight is 537 g/mol. The van der Waals surface area contributed by atoms with Crippen LogP contribution in [0.1, 0.15) is 68.8 Å². The smallest absolute Gasteiger partial charge is 0.190 e. The van der Waals surface area contributed by atoms with Gasteiger partial charge in [-0.3, -0.25) is 9.48 Å². The Balaban J connectivity index is 1.38. The number of ether oxygens (including phenoxy) is 1. The zero-order valence-electron chi connectivity index (χ0n) is 23.7. The summed E-state index contributed by atoms with van der Waals surface area (Å²) in [7, 11) is 1.52. The van der Waals surface area contributed by atoms with Crippen LogP contribution in [0.25, 0.3) is 6.08 Å². The largest absolute Gasteiger partial charge is 0.390 e. The molecule has 6 rings (SSSR count). The Morgan fingerprint density at radius 1 is 1.28 bits per heavy atom. The van der Waals surface area contributed by atoms with Crippen molar-refractivity contribution in [3.63, 3.8) is 0 Å². The number of Topliss-reactive ketones (excluding diaryl/α,β-unsaturated/α-hetero) is 1. The molecular formula is C32H41FN2O4. The number of halogens is 1. The van der Waals surface area contributed by atoms with Crippen LogP contribution in [0, 0.1) is 35.5 Å². The Labute approximate surface area is 230 Å². The number of aryl methyl sites for hydroxylation is 1. The van der Waals surface area contributed by atoms with Crippen molar-refractivity contribution in [3.8, 4) is 0 Å². The van der Waals surface area contributed by atoms with Crippen molar-refractivity contribution in [1.82, 2.24) is 9.78 Å². The zero-order valence-corrected chi connectivity index (χ0v) is 23.7. The second-order valence-electron chi connectivity index (χ2n) is 13.2. The van der Waals surface area contributed by atoms with Crippen LogP contribution in [0.4, 0.5) is 4.39 Å². The summed E-state index contributed by atoms with van der Waals surface area (Å²) in [6.45, 7) is 8.04. The van der Waals surface area contributed by atoms with Gasteiger partial charge in [-0.05, 0) is 68.1 Å². The second kappa shape index (κ2) is 8.82. The Morgan fingerprint density at radius 3 is 2.74 bits per heavy atom. The molecule has 0 bridgehead atoms. The van der Waals surface area contributed by atoms with Gasteiger partial charge in [-0.2, -0.15) is 5.10 Å². The highest BCUT2D eigenvalue weighted by atomic mass is 19.1. The standard InChI is InChI=1S/C32H41FN2O4/c1-19-7-6-8-21(11-19)17-35-26-13-23-9-10-24-25-12-20(2)32(39-5,28(38)18-36)30(25,4)15-27(37)31(24,33)29(23,3)14-22(26)16-34-35/h6-8,11,13,16,20,24-25,27,36-37H,9-10,12,14-15,17-18H2,1-5H3/t20-,24+,25+,27+,29+,30+,31+,32+/m1/s1. The van der Waals surface area contributed by atoms with Crippen LogP contribution >= 0.6 is 0 Å². The van der Waals surface area contributed by atoms with Gasteiger partial charge in [0, 0.05) is 23.9 Å². The number of nitrogens with zero attached hydrogens (tertiary/aromatic N) is 2. The maximum absolute atomic E-state index is 17.9. The molecule has 0 radical (unpaired) electrons. The number of methoxy groups -OCH3 is 1. The highest BCUT2D eigenvalue weighted by Crippen LogP contribution is 2.71. The van der Waals surface area contributed by atoms with E-state index in [0.717, 1.165) is 23.3 Å². The summed E-state index contributed by atoms with van der Waals surface area (Å²) in [5, 5.41) is 26.3. The molecule has 0 saturated heterocycles. The lowest BCUT2D eigenvalue weighted by Gasteiger charge is -2.63. The minimum Gasteiger partial charge on any atom is -0.390 e. The van der Waals surface area contributed by atoms with E-state index >= 15 is 4.39 Å². The van der Waals surface area contributed by atoms with Crippen LogP contribution in [0.3, 0.4) is 0 Å². The lowest BCUT2D eigenvalue weighted by Crippen LogP contribution is -2.70. The van der Waals surface area contributed by atoms with Gasteiger partial charge in [0.25, 0.3) is 0 Å². The van der Waals surface area contributed by atoms with Crippen LogP contribution in [0.2, 0.25) is 0 Å². The third kappa shape index (κ3) is 3.30. The van der Waals surface area contributed by atoms with Gasteiger partial charge in [-0.25, -0.2) is 4.39 Å². The number of rotatable bonds is 5. The van der Waals surface area contributed by atoms with E-state index in [1.54, 1.807) is 0 Å². The number of carbonyl (C=O) groups is 1. The van der Waals surface area contributed by atoms with Crippen molar-refractivity contribution < 1.29 is 24.1 Å². The van der Waals surface area contributed by atoms with Gasteiger partial charge in [-0.1, -0.05) is 56.2 Å². The Kier molecular flexibility index (Phi) is 6.07. The third-order valence-corrected chi connectivity index (χ3v) is 11.5. The van der Waals surface area contributed by atoms with E-state index in [0.29, 0.717) is 25.8 Å². The van der Waals surface area contributed by atoms with Gasteiger partial charge < -0.3 is 14.9 Å². The number of alkyl halides is 1. The van der Waals surface area contributed by atoms with E-state index in [1.807, 2.05) is 31.6 Å².